The average Bonchev–Trinajstić information content (AvgIpc) is 3.05. The van der Waals surface area contributed by atoms with Crippen LogP contribution in [0.3, 0.4) is 0 Å². The van der Waals surface area contributed by atoms with Crippen LogP contribution >= 0.6 is 0 Å². The number of carbonyl (C=O) groups excluding carboxylic acids is 1. The number of fused-ring (bicyclic) bond motifs is 3. The number of hydrogen-bond acceptors (Lipinski definition) is 4. The molecule has 3 aromatic rings. The first kappa shape index (κ1) is 15.5. The zero-order valence-electron chi connectivity index (χ0n) is 14.2. The standard InChI is InChI=1S/C19H19N3O3/c1-24-15-8-4-3-6-14(15)17-16-12(9-11-22(17)19(23)25-2)13-7-5-10-20-18(13)21-16/h3-8,10,17H,9,11H2,1-2H3,(H,20,21). The van der Waals surface area contributed by atoms with E-state index in [1.807, 2.05) is 30.3 Å². The molecule has 6 heteroatoms. The van der Waals surface area contributed by atoms with Gasteiger partial charge in [-0.3, -0.25) is 4.90 Å². The number of amides is 1. The van der Waals surface area contributed by atoms with Crippen molar-refractivity contribution in [2.24, 2.45) is 0 Å². The van der Waals surface area contributed by atoms with E-state index in [9.17, 15) is 4.79 Å². The predicted molar refractivity (Wildman–Crippen MR) is 93.7 cm³/mol. The fourth-order valence-electron chi connectivity index (χ4n) is 3.65. The first-order valence-corrected chi connectivity index (χ1v) is 8.17. The molecule has 1 amide bonds. The molecule has 0 saturated heterocycles. The first-order valence-electron chi connectivity index (χ1n) is 8.17. The minimum Gasteiger partial charge on any atom is -0.496 e. The van der Waals surface area contributed by atoms with Crippen molar-refractivity contribution in [3.8, 4) is 5.75 Å². The molecule has 1 aliphatic rings. The number of nitrogens with zero attached hydrogens (tertiary/aromatic N) is 2. The van der Waals surface area contributed by atoms with Gasteiger partial charge in [-0.15, -0.1) is 0 Å². The molecule has 3 heterocycles. The van der Waals surface area contributed by atoms with Crippen LogP contribution in [0.1, 0.15) is 22.9 Å². The number of hydrogen-bond donors (Lipinski definition) is 1. The second kappa shape index (κ2) is 6.12. The SMILES string of the molecule is COC(=O)N1CCc2c([nH]c3ncccc23)C1c1ccccc1OC. The first-order chi connectivity index (χ1) is 12.2. The van der Waals surface area contributed by atoms with Crippen molar-refractivity contribution >= 4 is 17.1 Å². The topological polar surface area (TPSA) is 67.5 Å². The third-order valence-electron chi connectivity index (χ3n) is 4.74. The third-order valence-corrected chi connectivity index (χ3v) is 4.74. The van der Waals surface area contributed by atoms with Crippen molar-refractivity contribution < 1.29 is 14.3 Å². The van der Waals surface area contributed by atoms with Crippen molar-refractivity contribution in [1.29, 1.82) is 0 Å². The molecule has 0 spiro atoms. The summed E-state index contributed by atoms with van der Waals surface area (Å²) in [6.45, 7) is 0.574. The van der Waals surface area contributed by atoms with Gasteiger partial charge >= 0.3 is 6.09 Å². The summed E-state index contributed by atoms with van der Waals surface area (Å²) in [5.74, 6) is 0.737. The molecule has 25 heavy (non-hydrogen) atoms. The van der Waals surface area contributed by atoms with Crippen molar-refractivity contribution in [1.82, 2.24) is 14.9 Å². The lowest BCUT2D eigenvalue weighted by Gasteiger charge is -2.35. The summed E-state index contributed by atoms with van der Waals surface area (Å²) in [5.41, 5.74) is 3.91. The maximum atomic E-state index is 12.4. The van der Waals surface area contributed by atoms with Gasteiger partial charge in [-0.1, -0.05) is 18.2 Å². The van der Waals surface area contributed by atoms with E-state index in [-0.39, 0.29) is 12.1 Å². The van der Waals surface area contributed by atoms with Gasteiger partial charge in [-0.25, -0.2) is 9.78 Å². The molecule has 0 fully saturated rings. The van der Waals surface area contributed by atoms with Crippen LogP contribution in [0.2, 0.25) is 0 Å². The van der Waals surface area contributed by atoms with Crippen LogP contribution < -0.4 is 4.74 Å². The summed E-state index contributed by atoms with van der Waals surface area (Å²) in [6, 6.07) is 11.4. The summed E-state index contributed by atoms with van der Waals surface area (Å²) >= 11 is 0. The molecule has 128 valence electrons. The lowest BCUT2D eigenvalue weighted by molar-refractivity contribution is 0.108. The minimum atomic E-state index is -0.354. The van der Waals surface area contributed by atoms with Crippen molar-refractivity contribution in [2.75, 3.05) is 20.8 Å². The minimum absolute atomic E-state index is 0.304. The Balaban J connectivity index is 1.95. The number of aromatic amines is 1. The molecule has 0 bridgehead atoms. The Morgan fingerprint density at radius 1 is 1.24 bits per heavy atom. The number of rotatable bonds is 2. The lowest BCUT2D eigenvalue weighted by Crippen LogP contribution is -2.40. The van der Waals surface area contributed by atoms with E-state index in [4.69, 9.17) is 9.47 Å². The maximum absolute atomic E-state index is 12.4. The number of carbonyl (C=O) groups is 1. The fourth-order valence-corrected chi connectivity index (χ4v) is 3.65. The molecular formula is C19H19N3O3. The van der Waals surface area contributed by atoms with Crippen LogP contribution in [0, 0.1) is 0 Å². The van der Waals surface area contributed by atoms with Gasteiger partial charge in [0.1, 0.15) is 17.4 Å². The van der Waals surface area contributed by atoms with Crippen molar-refractivity contribution in [2.45, 2.75) is 12.5 Å². The van der Waals surface area contributed by atoms with Crippen molar-refractivity contribution in [3.05, 3.63) is 59.4 Å². The molecule has 2 aromatic heterocycles. The molecule has 6 nitrogen and oxygen atoms in total. The Morgan fingerprint density at radius 2 is 2.08 bits per heavy atom. The highest BCUT2D eigenvalue weighted by Crippen LogP contribution is 2.41. The highest BCUT2D eigenvalue weighted by Gasteiger charge is 2.36. The second-order valence-electron chi connectivity index (χ2n) is 5.97. The fraction of sp³-hybridized carbons (Fsp3) is 0.263. The molecular weight excluding hydrogens is 318 g/mol. The Labute approximate surface area is 145 Å². The Morgan fingerprint density at radius 3 is 2.88 bits per heavy atom. The molecule has 0 radical (unpaired) electrons. The number of aromatic nitrogens is 2. The van der Waals surface area contributed by atoms with Crippen LogP contribution in [-0.2, 0) is 11.2 Å². The number of benzene rings is 1. The summed E-state index contributed by atoms with van der Waals surface area (Å²) in [6.07, 6.45) is 2.16. The molecule has 1 unspecified atom stereocenters. The smallest absolute Gasteiger partial charge is 0.410 e. The molecule has 4 rings (SSSR count). The molecule has 0 saturated carbocycles. The van der Waals surface area contributed by atoms with Gasteiger partial charge < -0.3 is 14.5 Å². The highest BCUT2D eigenvalue weighted by atomic mass is 16.5. The van der Waals surface area contributed by atoms with Crippen LogP contribution in [0.25, 0.3) is 11.0 Å². The molecule has 1 aliphatic heterocycles. The van der Waals surface area contributed by atoms with Gasteiger partial charge in [0.05, 0.1) is 14.2 Å². The highest BCUT2D eigenvalue weighted by molar-refractivity contribution is 5.83. The van der Waals surface area contributed by atoms with Gasteiger partial charge in [0.2, 0.25) is 0 Å². The number of pyridine rings is 1. The third kappa shape index (κ3) is 2.41. The van der Waals surface area contributed by atoms with E-state index in [2.05, 4.69) is 16.0 Å². The summed E-state index contributed by atoms with van der Waals surface area (Å²) in [4.78, 5) is 22.0. The number of H-pyrrole nitrogens is 1. The van der Waals surface area contributed by atoms with E-state index in [1.54, 1.807) is 18.2 Å². The van der Waals surface area contributed by atoms with E-state index in [0.29, 0.717) is 6.54 Å². The number of methoxy groups -OCH3 is 2. The predicted octanol–water partition coefficient (Wildman–Crippen LogP) is 3.29. The lowest BCUT2D eigenvalue weighted by atomic mass is 9.92. The number of ether oxygens (including phenoxy) is 2. The largest absolute Gasteiger partial charge is 0.496 e. The Bertz CT molecular complexity index is 935. The van der Waals surface area contributed by atoms with Crippen LogP contribution in [-0.4, -0.2) is 41.7 Å². The second-order valence-corrected chi connectivity index (χ2v) is 5.97. The zero-order valence-corrected chi connectivity index (χ0v) is 14.2. The molecule has 1 N–H and O–H groups in total. The zero-order chi connectivity index (χ0) is 17.4. The van der Waals surface area contributed by atoms with Gasteiger partial charge in [-0.2, -0.15) is 0 Å². The van der Waals surface area contributed by atoms with Crippen LogP contribution in [0.5, 0.6) is 5.75 Å². The van der Waals surface area contributed by atoms with Crippen LogP contribution in [0.4, 0.5) is 4.79 Å². The summed E-state index contributed by atoms with van der Waals surface area (Å²) < 4.78 is 10.6. The van der Waals surface area contributed by atoms with Gasteiger partial charge in [-0.05, 0) is 30.2 Å². The summed E-state index contributed by atoms with van der Waals surface area (Å²) in [7, 11) is 3.04. The Kier molecular flexibility index (Phi) is 3.80. The van der Waals surface area contributed by atoms with E-state index < -0.39 is 0 Å². The van der Waals surface area contributed by atoms with Crippen LogP contribution in [0.15, 0.2) is 42.6 Å². The van der Waals surface area contributed by atoms with Crippen molar-refractivity contribution in [3.63, 3.8) is 0 Å². The molecule has 0 aliphatic carbocycles. The number of para-hydroxylation sites is 1. The monoisotopic (exact) mass is 337 g/mol. The number of nitrogens with one attached hydrogen (secondary N) is 1. The van der Waals surface area contributed by atoms with E-state index in [1.165, 1.54) is 12.7 Å². The molecule has 1 atom stereocenters. The average molecular weight is 337 g/mol. The maximum Gasteiger partial charge on any atom is 0.410 e. The Hall–Kier alpha value is -3.02. The van der Waals surface area contributed by atoms with E-state index >= 15 is 0 Å². The van der Waals surface area contributed by atoms with E-state index in [0.717, 1.165) is 34.5 Å². The van der Waals surface area contributed by atoms with Gasteiger partial charge in [0.25, 0.3) is 0 Å². The van der Waals surface area contributed by atoms with Gasteiger partial charge in [0, 0.05) is 29.4 Å². The summed E-state index contributed by atoms with van der Waals surface area (Å²) in [5, 5.41) is 1.10. The quantitative estimate of drug-likeness (QED) is 0.779. The normalized spacial score (nSPS) is 16.6. The molecule has 1 aromatic carbocycles. The van der Waals surface area contributed by atoms with Gasteiger partial charge in [0.15, 0.2) is 0 Å².